The molecule has 140 valence electrons. The second kappa shape index (κ2) is 6.10. The summed E-state index contributed by atoms with van der Waals surface area (Å²) in [5, 5.41) is 3.24. The van der Waals surface area contributed by atoms with Crippen LogP contribution in [0.1, 0.15) is 46.2 Å². The molecular formula is C25H24N2O. The Labute approximate surface area is 165 Å². The van der Waals surface area contributed by atoms with Crippen LogP contribution < -0.4 is 10.2 Å². The SMILES string of the molecule is O=C(Nc1ccc2c3c1[C@H]1C=CC[C@H]1CN3C[C@H]1CC=C[C@H]21)c1ccccc1. The summed E-state index contributed by atoms with van der Waals surface area (Å²) >= 11 is 0. The van der Waals surface area contributed by atoms with Gasteiger partial charge in [0.25, 0.3) is 5.91 Å². The molecule has 0 spiro atoms. The predicted octanol–water partition coefficient (Wildman–Crippen LogP) is 5.09. The largest absolute Gasteiger partial charge is 0.370 e. The van der Waals surface area contributed by atoms with Gasteiger partial charge in [-0.15, -0.1) is 0 Å². The number of anilines is 2. The minimum absolute atomic E-state index is 0.0260. The molecule has 0 radical (unpaired) electrons. The molecule has 2 aliphatic carbocycles. The van der Waals surface area contributed by atoms with Gasteiger partial charge in [-0.05, 0) is 48.4 Å². The van der Waals surface area contributed by atoms with Crippen LogP contribution in [0.25, 0.3) is 0 Å². The van der Waals surface area contributed by atoms with Gasteiger partial charge >= 0.3 is 0 Å². The lowest BCUT2D eigenvalue weighted by molar-refractivity contribution is 0.102. The molecule has 2 aromatic carbocycles. The maximum Gasteiger partial charge on any atom is 0.255 e. The molecule has 4 aliphatic rings. The molecule has 0 saturated heterocycles. The van der Waals surface area contributed by atoms with Crippen LogP contribution in [0.15, 0.2) is 66.8 Å². The lowest BCUT2D eigenvalue weighted by Crippen LogP contribution is -2.44. The van der Waals surface area contributed by atoms with Crippen molar-refractivity contribution in [2.24, 2.45) is 11.8 Å². The molecule has 1 N–H and O–H groups in total. The van der Waals surface area contributed by atoms with Crippen molar-refractivity contribution in [2.45, 2.75) is 24.7 Å². The molecule has 2 aromatic rings. The topological polar surface area (TPSA) is 32.3 Å². The van der Waals surface area contributed by atoms with Gasteiger partial charge in [-0.25, -0.2) is 0 Å². The highest BCUT2D eigenvalue weighted by Gasteiger charge is 2.43. The number of carbonyl (C=O) groups excluding carboxylic acids is 1. The molecule has 2 aliphatic heterocycles. The number of allylic oxidation sites excluding steroid dienone is 4. The van der Waals surface area contributed by atoms with Crippen LogP contribution in [0.3, 0.4) is 0 Å². The van der Waals surface area contributed by atoms with Crippen molar-refractivity contribution in [1.29, 1.82) is 0 Å². The summed E-state index contributed by atoms with van der Waals surface area (Å²) in [5.74, 6) is 2.25. The van der Waals surface area contributed by atoms with Crippen molar-refractivity contribution in [3.63, 3.8) is 0 Å². The Kier molecular flexibility index (Phi) is 3.52. The number of carbonyl (C=O) groups is 1. The molecule has 0 bridgehead atoms. The van der Waals surface area contributed by atoms with Gasteiger partial charge in [-0.3, -0.25) is 4.79 Å². The average Bonchev–Trinajstić information content (AvgIpc) is 3.39. The van der Waals surface area contributed by atoms with Gasteiger partial charge in [0.1, 0.15) is 0 Å². The smallest absolute Gasteiger partial charge is 0.255 e. The van der Waals surface area contributed by atoms with Gasteiger partial charge in [-0.1, -0.05) is 48.6 Å². The standard InChI is InChI=1S/C25H24N2O/c28-25(16-6-2-1-3-7-16)26-22-13-12-21-19-10-4-8-17(19)14-27-15-18-9-5-11-20(18)23(22)24(21)27/h1-7,10-13,17-20H,8-9,14-15H2,(H,26,28)/t17-,18+,19+,20+/m1/s1. The van der Waals surface area contributed by atoms with Gasteiger partial charge < -0.3 is 10.2 Å². The number of hydrogen-bond acceptors (Lipinski definition) is 2. The van der Waals surface area contributed by atoms with E-state index in [4.69, 9.17) is 0 Å². The number of hydrogen-bond donors (Lipinski definition) is 1. The molecule has 0 aromatic heterocycles. The van der Waals surface area contributed by atoms with E-state index in [0.29, 0.717) is 29.2 Å². The van der Waals surface area contributed by atoms with E-state index in [1.165, 1.54) is 23.2 Å². The Balaban J connectivity index is 1.47. The highest BCUT2D eigenvalue weighted by Crippen LogP contribution is 2.54. The van der Waals surface area contributed by atoms with Crippen molar-refractivity contribution in [1.82, 2.24) is 0 Å². The maximum absolute atomic E-state index is 12.9. The fourth-order valence-electron chi connectivity index (χ4n) is 5.77. The number of nitrogens with one attached hydrogen (secondary N) is 1. The van der Waals surface area contributed by atoms with E-state index in [-0.39, 0.29) is 5.91 Å². The minimum atomic E-state index is -0.0260. The summed E-state index contributed by atoms with van der Waals surface area (Å²) in [5.41, 5.74) is 5.88. The molecule has 3 nitrogen and oxygen atoms in total. The number of amides is 1. The number of benzene rings is 2. The van der Waals surface area contributed by atoms with Crippen LogP contribution >= 0.6 is 0 Å². The monoisotopic (exact) mass is 368 g/mol. The Morgan fingerprint density at radius 2 is 1.61 bits per heavy atom. The summed E-state index contributed by atoms with van der Waals surface area (Å²) in [6.07, 6.45) is 11.8. The zero-order valence-corrected chi connectivity index (χ0v) is 15.8. The van der Waals surface area contributed by atoms with Gasteiger partial charge in [0.15, 0.2) is 0 Å². The van der Waals surface area contributed by atoms with Gasteiger partial charge in [-0.2, -0.15) is 0 Å². The first-order valence-corrected chi connectivity index (χ1v) is 10.4. The van der Waals surface area contributed by atoms with Gasteiger partial charge in [0.05, 0.1) is 0 Å². The molecule has 0 fully saturated rings. The van der Waals surface area contributed by atoms with Crippen LogP contribution in [0.5, 0.6) is 0 Å². The third kappa shape index (κ3) is 2.32. The van der Waals surface area contributed by atoms with Crippen molar-refractivity contribution >= 4 is 17.3 Å². The molecule has 3 heteroatoms. The van der Waals surface area contributed by atoms with Crippen molar-refractivity contribution < 1.29 is 4.79 Å². The highest BCUT2D eigenvalue weighted by atomic mass is 16.1. The first-order chi connectivity index (χ1) is 13.8. The summed E-state index contributed by atoms with van der Waals surface area (Å²) in [6, 6.07) is 13.9. The molecule has 0 unspecified atom stereocenters. The van der Waals surface area contributed by atoms with E-state index in [0.717, 1.165) is 25.2 Å². The first-order valence-electron chi connectivity index (χ1n) is 10.4. The Morgan fingerprint density at radius 1 is 0.893 bits per heavy atom. The summed E-state index contributed by atoms with van der Waals surface area (Å²) < 4.78 is 0. The lowest BCUT2D eigenvalue weighted by Gasteiger charge is -2.46. The third-order valence-electron chi connectivity index (χ3n) is 7.03. The quantitative estimate of drug-likeness (QED) is 0.749. The molecule has 2 heterocycles. The van der Waals surface area contributed by atoms with Gasteiger partial charge in [0, 0.05) is 47.4 Å². The van der Waals surface area contributed by atoms with Crippen LogP contribution in [0, 0.1) is 11.8 Å². The first kappa shape index (κ1) is 16.2. The molecular weight excluding hydrogens is 344 g/mol. The van der Waals surface area contributed by atoms with Crippen LogP contribution in [-0.4, -0.2) is 19.0 Å². The highest BCUT2D eigenvalue weighted by molar-refractivity contribution is 6.05. The van der Waals surface area contributed by atoms with E-state index in [2.05, 4.69) is 46.7 Å². The van der Waals surface area contributed by atoms with Crippen LogP contribution in [0.2, 0.25) is 0 Å². The molecule has 4 atom stereocenters. The van der Waals surface area contributed by atoms with Gasteiger partial charge in [0.2, 0.25) is 0 Å². The average molecular weight is 368 g/mol. The summed E-state index contributed by atoms with van der Waals surface area (Å²) in [7, 11) is 0. The van der Waals surface area contributed by atoms with E-state index in [1.54, 1.807) is 0 Å². The number of rotatable bonds is 2. The Hall–Kier alpha value is -2.81. The zero-order valence-electron chi connectivity index (χ0n) is 15.8. The zero-order chi connectivity index (χ0) is 18.7. The fourth-order valence-corrected chi connectivity index (χ4v) is 5.77. The van der Waals surface area contributed by atoms with Crippen LogP contribution in [-0.2, 0) is 0 Å². The van der Waals surface area contributed by atoms with Crippen molar-refractivity contribution in [3.05, 3.63) is 83.5 Å². The normalized spacial score (nSPS) is 28.6. The van der Waals surface area contributed by atoms with Crippen LogP contribution in [0.4, 0.5) is 11.4 Å². The fraction of sp³-hybridized carbons (Fsp3) is 0.320. The summed E-state index contributed by atoms with van der Waals surface area (Å²) in [6.45, 7) is 2.27. The van der Waals surface area contributed by atoms with Crippen molar-refractivity contribution in [2.75, 3.05) is 23.3 Å². The lowest BCUT2D eigenvalue weighted by atomic mass is 9.74. The minimum Gasteiger partial charge on any atom is -0.370 e. The molecule has 6 rings (SSSR count). The second-order valence-electron chi connectivity index (χ2n) is 8.59. The van der Waals surface area contributed by atoms with E-state index >= 15 is 0 Å². The van der Waals surface area contributed by atoms with E-state index < -0.39 is 0 Å². The number of nitrogens with zero attached hydrogens (tertiary/aromatic N) is 1. The summed E-state index contributed by atoms with van der Waals surface area (Å²) in [4.78, 5) is 15.5. The Bertz CT molecular complexity index is 1000. The van der Waals surface area contributed by atoms with E-state index in [9.17, 15) is 4.79 Å². The second-order valence-corrected chi connectivity index (χ2v) is 8.59. The molecule has 28 heavy (non-hydrogen) atoms. The predicted molar refractivity (Wildman–Crippen MR) is 113 cm³/mol. The third-order valence-corrected chi connectivity index (χ3v) is 7.03. The molecule has 0 saturated carbocycles. The number of fused-ring (bicyclic) bond motifs is 4. The molecule has 1 amide bonds. The van der Waals surface area contributed by atoms with E-state index in [1.807, 2.05) is 30.3 Å². The maximum atomic E-state index is 12.9. The Morgan fingerprint density at radius 3 is 2.39 bits per heavy atom. The van der Waals surface area contributed by atoms with Crippen molar-refractivity contribution in [3.8, 4) is 0 Å².